The zero-order valence-corrected chi connectivity index (χ0v) is 18.4. The maximum absolute atomic E-state index is 6.16. The van der Waals surface area contributed by atoms with Crippen LogP contribution in [0.3, 0.4) is 0 Å². The van der Waals surface area contributed by atoms with Gasteiger partial charge in [0, 0.05) is 12.1 Å². The quantitative estimate of drug-likeness (QED) is 0.316. The monoisotopic (exact) mass is 398 g/mol. The molecule has 0 aliphatic carbocycles. The lowest BCUT2D eigenvalue weighted by molar-refractivity contribution is 0.299. The highest BCUT2D eigenvalue weighted by Gasteiger charge is 2.14. The molecule has 0 spiro atoms. The minimum absolute atomic E-state index is 0.454. The van der Waals surface area contributed by atoms with Gasteiger partial charge in [0.05, 0.1) is 17.6 Å². The molecule has 0 amide bonds. The maximum atomic E-state index is 6.16. The van der Waals surface area contributed by atoms with Crippen molar-refractivity contribution >= 4 is 11.0 Å². The lowest BCUT2D eigenvalue weighted by Crippen LogP contribution is -2.07. The summed E-state index contributed by atoms with van der Waals surface area (Å²) in [4.78, 5) is 4.97. The normalized spacial score (nSPS) is 11.4. The summed E-state index contributed by atoms with van der Waals surface area (Å²) in [6.07, 6.45) is 0.921. The van der Waals surface area contributed by atoms with E-state index in [2.05, 4.69) is 92.9 Å². The van der Waals surface area contributed by atoms with Crippen molar-refractivity contribution in [3.8, 4) is 17.1 Å². The van der Waals surface area contributed by atoms with E-state index in [-0.39, 0.29) is 0 Å². The fraction of sp³-hybridized carbons (Fsp3) is 0.296. The molecule has 4 rings (SSSR count). The molecule has 0 radical (unpaired) electrons. The van der Waals surface area contributed by atoms with Crippen molar-refractivity contribution in [1.82, 2.24) is 9.55 Å². The average molecular weight is 399 g/mol. The van der Waals surface area contributed by atoms with Gasteiger partial charge in [0.25, 0.3) is 0 Å². The lowest BCUT2D eigenvalue weighted by atomic mass is 10.0. The third-order valence-electron chi connectivity index (χ3n) is 5.60. The van der Waals surface area contributed by atoms with Gasteiger partial charge in [0.15, 0.2) is 0 Å². The second kappa shape index (κ2) is 8.74. The minimum Gasteiger partial charge on any atom is -0.493 e. The first-order chi connectivity index (χ1) is 14.5. The molecule has 3 aromatic carbocycles. The molecule has 0 aliphatic heterocycles. The first-order valence-corrected chi connectivity index (χ1v) is 10.8. The van der Waals surface area contributed by atoms with Gasteiger partial charge in [-0.25, -0.2) is 4.98 Å². The van der Waals surface area contributed by atoms with Crippen molar-refractivity contribution < 1.29 is 4.74 Å². The fourth-order valence-corrected chi connectivity index (χ4v) is 4.07. The Balaban J connectivity index is 1.57. The van der Waals surface area contributed by atoms with Crippen LogP contribution in [0.5, 0.6) is 5.75 Å². The Kier molecular flexibility index (Phi) is 5.89. The van der Waals surface area contributed by atoms with E-state index in [0.29, 0.717) is 12.5 Å². The molecule has 0 aliphatic rings. The summed E-state index contributed by atoms with van der Waals surface area (Å²) in [6.45, 7) is 10.3. The summed E-state index contributed by atoms with van der Waals surface area (Å²) < 4.78 is 8.50. The summed E-state index contributed by atoms with van der Waals surface area (Å²) in [5, 5.41) is 0. The van der Waals surface area contributed by atoms with Crippen LogP contribution in [0.2, 0.25) is 0 Å². The Morgan fingerprint density at radius 1 is 0.933 bits per heavy atom. The largest absolute Gasteiger partial charge is 0.493 e. The highest BCUT2D eigenvalue weighted by atomic mass is 16.5. The molecule has 30 heavy (non-hydrogen) atoms. The molecule has 3 heteroatoms. The van der Waals surface area contributed by atoms with Crippen LogP contribution in [0.25, 0.3) is 22.4 Å². The number of hydrogen-bond donors (Lipinski definition) is 0. The van der Waals surface area contributed by atoms with Crippen molar-refractivity contribution in [3.05, 3.63) is 83.4 Å². The van der Waals surface area contributed by atoms with Crippen LogP contribution in [-0.4, -0.2) is 16.2 Å². The third kappa shape index (κ3) is 4.11. The Morgan fingerprint density at radius 2 is 1.70 bits per heavy atom. The number of ether oxygens (including phenoxy) is 1. The molecule has 0 N–H and O–H groups in total. The van der Waals surface area contributed by atoms with E-state index in [1.165, 1.54) is 27.8 Å². The van der Waals surface area contributed by atoms with E-state index in [1.54, 1.807) is 0 Å². The van der Waals surface area contributed by atoms with E-state index >= 15 is 0 Å². The summed E-state index contributed by atoms with van der Waals surface area (Å²) >= 11 is 0. The number of aromatic nitrogens is 2. The van der Waals surface area contributed by atoms with Gasteiger partial charge in [-0.3, -0.25) is 0 Å². The molecule has 1 aromatic heterocycles. The molecular formula is C27H30N2O. The molecule has 3 nitrogen and oxygen atoms in total. The van der Waals surface area contributed by atoms with Crippen LogP contribution in [0, 0.1) is 13.8 Å². The van der Waals surface area contributed by atoms with Gasteiger partial charge in [-0.15, -0.1) is 0 Å². The molecule has 0 fully saturated rings. The summed E-state index contributed by atoms with van der Waals surface area (Å²) in [5.74, 6) is 2.49. The van der Waals surface area contributed by atoms with Crippen LogP contribution in [0.4, 0.5) is 0 Å². The number of para-hydroxylation sites is 3. The third-order valence-corrected chi connectivity index (χ3v) is 5.60. The molecule has 4 aromatic rings. The summed E-state index contributed by atoms with van der Waals surface area (Å²) in [6, 6.07) is 23.3. The van der Waals surface area contributed by atoms with Crippen LogP contribution >= 0.6 is 0 Å². The molecule has 0 saturated carbocycles. The maximum Gasteiger partial charge on any atom is 0.141 e. The molecule has 0 atom stereocenters. The average Bonchev–Trinajstić information content (AvgIpc) is 3.09. The number of imidazole rings is 1. The van der Waals surface area contributed by atoms with E-state index < -0.39 is 0 Å². The molecule has 0 bridgehead atoms. The molecule has 154 valence electrons. The number of nitrogens with zero attached hydrogens (tertiary/aromatic N) is 2. The zero-order valence-electron chi connectivity index (χ0n) is 18.4. The van der Waals surface area contributed by atoms with Gasteiger partial charge in [-0.2, -0.15) is 0 Å². The Morgan fingerprint density at radius 3 is 2.50 bits per heavy atom. The predicted molar refractivity (Wildman–Crippen MR) is 125 cm³/mol. The van der Waals surface area contributed by atoms with Gasteiger partial charge < -0.3 is 9.30 Å². The van der Waals surface area contributed by atoms with Crippen molar-refractivity contribution in [3.63, 3.8) is 0 Å². The zero-order chi connectivity index (χ0) is 21.1. The number of fused-ring (bicyclic) bond motifs is 1. The van der Waals surface area contributed by atoms with Crippen molar-refractivity contribution in [2.45, 2.75) is 46.6 Å². The van der Waals surface area contributed by atoms with Gasteiger partial charge in [-0.1, -0.05) is 67.9 Å². The Bertz CT molecular complexity index is 1160. The van der Waals surface area contributed by atoms with E-state index in [1.807, 2.05) is 6.07 Å². The second-order valence-corrected chi connectivity index (χ2v) is 8.29. The first-order valence-electron chi connectivity index (χ1n) is 10.8. The van der Waals surface area contributed by atoms with Gasteiger partial charge in [-0.05, 0) is 55.5 Å². The van der Waals surface area contributed by atoms with Crippen LogP contribution in [0.1, 0.15) is 42.9 Å². The fourth-order valence-electron chi connectivity index (χ4n) is 4.07. The molecule has 1 heterocycles. The Hall–Kier alpha value is -3.07. The van der Waals surface area contributed by atoms with Gasteiger partial charge in [0.2, 0.25) is 0 Å². The SMILES string of the molecule is Cc1ccc(-c2nc3ccccc3n2CCCOc2ccccc2C(C)C)c(C)c1. The van der Waals surface area contributed by atoms with Gasteiger partial charge in [0.1, 0.15) is 11.6 Å². The number of rotatable bonds is 7. The first kappa shape index (κ1) is 20.2. The minimum atomic E-state index is 0.454. The lowest BCUT2D eigenvalue weighted by Gasteiger charge is -2.15. The second-order valence-electron chi connectivity index (χ2n) is 8.29. The summed E-state index contributed by atoms with van der Waals surface area (Å²) in [7, 11) is 0. The van der Waals surface area contributed by atoms with Crippen LogP contribution in [-0.2, 0) is 6.54 Å². The predicted octanol–water partition coefficient (Wildman–Crippen LogP) is 6.91. The topological polar surface area (TPSA) is 27.1 Å². The smallest absolute Gasteiger partial charge is 0.141 e. The Labute approximate surface area is 179 Å². The van der Waals surface area contributed by atoms with Crippen molar-refractivity contribution in [2.24, 2.45) is 0 Å². The summed E-state index contributed by atoms with van der Waals surface area (Å²) in [5.41, 5.74) is 7.21. The number of hydrogen-bond acceptors (Lipinski definition) is 2. The highest BCUT2D eigenvalue weighted by Crippen LogP contribution is 2.29. The van der Waals surface area contributed by atoms with Crippen molar-refractivity contribution in [1.29, 1.82) is 0 Å². The van der Waals surface area contributed by atoms with E-state index in [0.717, 1.165) is 30.1 Å². The van der Waals surface area contributed by atoms with Crippen LogP contribution in [0.15, 0.2) is 66.7 Å². The van der Waals surface area contributed by atoms with Crippen LogP contribution < -0.4 is 4.74 Å². The highest BCUT2D eigenvalue weighted by molar-refractivity contribution is 5.81. The number of benzene rings is 3. The standard InChI is InChI=1S/C27H30N2O/c1-19(2)22-10-5-8-13-26(22)30-17-9-16-29-25-12-7-6-11-24(25)28-27(29)23-15-14-20(3)18-21(23)4/h5-8,10-15,18-19H,9,16-17H2,1-4H3. The van der Waals surface area contributed by atoms with E-state index in [4.69, 9.17) is 9.72 Å². The molecular weight excluding hydrogens is 368 g/mol. The molecule has 0 unspecified atom stereocenters. The van der Waals surface area contributed by atoms with Gasteiger partial charge >= 0.3 is 0 Å². The van der Waals surface area contributed by atoms with Crippen molar-refractivity contribution in [2.75, 3.05) is 6.61 Å². The molecule has 0 saturated heterocycles. The van der Waals surface area contributed by atoms with E-state index in [9.17, 15) is 0 Å². The number of aryl methyl sites for hydroxylation is 3.